The minimum absolute atomic E-state index is 0.167. The number of hydrogen-bond donors (Lipinski definition) is 3. The molecule has 7 heteroatoms. The number of hydrogen-bond acceptors (Lipinski definition) is 4. The Labute approximate surface area is 119 Å². The lowest BCUT2D eigenvalue weighted by Gasteiger charge is -2.00. The molecule has 0 fully saturated rings. The van der Waals surface area contributed by atoms with Crippen LogP contribution in [0.15, 0.2) is 30.0 Å². The van der Waals surface area contributed by atoms with Crippen LogP contribution in [-0.2, 0) is 6.54 Å². The number of aromatic nitrogens is 4. The van der Waals surface area contributed by atoms with Gasteiger partial charge in [0, 0.05) is 29.5 Å². The molecule has 0 radical (unpaired) electrons. The third-order valence-electron chi connectivity index (χ3n) is 2.81. The molecular formula is C13H13N5OS. The van der Waals surface area contributed by atoms with E-state index < -0.39 is 0 Å². The van der Waals surface area contributed by atoms with Crippen molar-refractivity contribution < 1.29 is 4.79 Å². The number of aryl methyl sites for hydroxylation is 1. The van der Waals surface area contributed by atoms with Gasteiger partial charge in [0.1, 0.15) is 11.5 Å². The number of carbonyl (C=O) groups is 1. The molecule has 0 aliphatic carbocycles. The van der Waals surface area contributed by atoms with Gasteiger partial charge in [0.15, 0.2) is 0 Å². The predicted molar refractivity (Wildman–Crippen MR) is 76.4 cm³/mol. The van der Waals surface area contributed by atoms with Gasteiger partial charge >= 0.3 is 0 Å². The van der Waals surface area contributed by atoms with E-state index >= 15 is 0 Å². The summed E-state index contributed by atoms with van der Waals surface area (Å²) in [6, 6.07) is 1.80. The number of rotatable bonds is 4. The van der Waals surface area contributed by atoms with Crippen LogP contribution in [0, 0.1) is 6.92 Å². The highest BCUT2D eigenvalue weighted by molar-refractivity contribution is 7.09. The molecule has 0 bridgehead atoms. The molecule has 3 N–H and O–H groups in total. The Morgan fingerprint density at radius 2 is 2.35 bits per heavy atom. The molecule has 1 amide bonds. The van der Waals surface area contributed by atoms with Gasteiger partial charge in [-0.2, -0.15) is 0 Å². The van der Waals surface area contributed by atoms with Gasteiger partial charge < -0.3 is 15.3 Å². The van der Waals surface area contributed by atoms with Crippen molar-refractivity contribution in [3.05, 3.63) is 46.6 Å². The molecule has 6 nitrogen and oxygen atoms in total. The molecular weight excluding hydrogens is 274 g/mol. The van der Waals surface area contributed by atoms with Crippen molar-refractivity contribution in [2.24, 2.45) is 0 Å². The minimum atomic E-state index is -0.167. The Hall–Kier alpha value is -2.41. The first-order valence-corrected chi connectivity index (χ1v) is 6.98. The van der Waals surface area contributed by atoms with Crippen molar-refractivity contribution in [3.8, 4) is 11.3 Å². The Bertz CT molecular complexity index is 713. The molecule has 3 aromatic rings. The van der Waals surface area contributed by atoms with Crippen molar-refractivity contribution >= 4 is 17.2 Å². The average molecular weight is 287 g/mol. The molecule has 0 atom stereocenters. The number of H-pyrrole nitrogens is 2. The van der Waals surface area contributed by atoms with E-state index in [0.717, 1.165) is 22.1 Å². The molecule has 20 heavy (non-hydrogen) atoms. The van der Waals surface area contributed by atoms with Gasteiger partial charge in [-0.3, -0.25) is 4.79 Å². The van der Waals surface area contributed by atoms with Crippen LogP contribution < -0.4 is 5.32 Å². The number of aromatic amines is 2. The summed E-state index contributed by atoms with van der Waals surface area (Å²) in [6.45, 7) is 2.33. The standard InChI is InChI=1S/C13H13N5OS/c1-8-18-11(7-20-8)9-4-10(16-5-9)13(19)17-6-12-14-2-3-15-12/h2-5,7,16H,6H2,1H3,(H,14,15)(H,17,19). The molecule has 0 spiro atoms. The fraction of sp³-hybridized carbons (Fsp3) is 0.154. The molecule has 0 saturated heterocycles. The summed E-state index contributed by atoms with van der Waals surface area (Å²) in [4.78, 5) is 26.3. The fourth-order valence-electron chi connectivity index (χ4n) is 1.82. The smallest absolute Gasteiger partial charge is 0.268 e. The topological polar surface area (TPSA) is 86.5 Å². The van der Waals surface area contributed by atoms with E-state index in [1.165, 1.54) is 0 Å². The molecule has 0 aromatic carbocycles. The van der Waals surface area contributed by atoms with Crippen LogP contribution in [0.1, 0.15) is 21.3 Å². The Kier molecular flexibility index (Phi) is 3.34. The van der Waals surface area contributed by atoms with Gasteiger partial charge in [-0.05, 0) is 13.0 Å². The maximum absolute atomic E-state index is 12.0. The Morgan fingerprint density at radius 3 is 3.05 bits per heavy atom. The summed E-state index contributed by atoms with van der Waals surface area (Å²) in [5.74, 6) is 0.555. The predicted octanol–water partition coefficient (Wildman–Crippen LogP) is 2.10. The van der Waals surface area contributed by atoms with Crippen LogP contribution >= 0.6 is 11.3 Å². The molecule has 102 valence electrons. The summed E-state index contributed by atoms with van der Waals surface area (Å²) in [5.41, 5.74) is 2.31. The first-order chi connectivity index (χ1) is 9.72. The van der Waals surface area contributed by atoms with Crippen molar-refractivity contribution in [2.75, 3.05) is 0 Å². The van der Waals surface area contributed by atoms with E-state index in [1.54, 1.807) is 36.0 Å². The van der Waals surface area contributed by atoms with Crippen LogP contribution in [0.3, 0.4) is 0 Å². The van der Waals surface area contributed by atoms with Gasteiger partial charge in [0.25, 0.3) is 5.91 Å². The maximum Gasteiger partial charge on any atom is 0.268 e. The maximum atomic E-state index is 12.0. The molecule has 3 heterocycles. The van der Waals surface area contributed by atoms with Gasteiger partial charge in [-0.1, -0.05) is 0 Å². The highest BCUT2D eigenvalue weighted by atomic mass is 32.1. The molecule has 0 unspecified atom stereocenters. The van der Waals surface area contributed by atoms with Crippen LogP contribution in [0.5, 0.6) is 0 Å². The van der Waals surface area contributed by atoms with Crippen molar-refractivity contribution in [1.29, 1.82) is 0 Å². The van der Waals surface area contributed by atoms with Crippen LogP contribution in [0.4, 0.5) is 0 Å². The summed E-state index contributed by atoms with van der Waals surface area (Å²) >= 11 is 1.59. The van der Waals surface area contributed by atoms with Gasteiger partial charge in [-0.15, -0.1) is 11.3 Å². The molecule has 0 saturated carbocycles. The lowest BCUT2D eigenvalue weighted by Crippen LogP contribution is -2.23. The fourth-order valence-corrected chi connectivity index (χ4v) is 2.45. The minimum Gasteiger partial charge on any atom is -0.357 e. The summed E-state index contributed by atoms with van der Waals surface area (Å²) in [5, 5.41) is 5.77. The zero-order chi connectivity index (χ0) is 13.9. The quantitative estimate of drug-likeness (QED) is 0.686. The third kappa shape index (κ3) is 2.62. The van der Waals surface area contributed by atoms with E-state index in [0.29, 0.717) is 12.2 Å². The highest BCUT2D eigenvalue weighted by Crippen LogP contribution is 2.22. The third-order valence-corrected chi connectivity index (χ3v) is 3.59. The molecule has 0 aliphatic rings. The van der Waals surface area contributed by atoms with E-state index in [9.17, 15) is 4.79 Å². The van der Waals surface area contributed by atoms with Crippen LogP contribution in [0.25, 0.3) is 11.3 Å². The zero-order valence-corrected chi connectivity index (χ0v) is 11.6. The lowest BCUT2D eigenvalue weighted by atomic mass is 10.2. The number of thiazole rings is 1. The zero-order valence-electron chi connectivity index (χ0n) is 10.8. The SMILES string of the molecule is Cc1nc(-c2c[nH]c(C(=O)NCc3ncc[nH]3)c2)cs1. The largest absolute Gasteiger partial charge is 0.357 e. The first-order valence-electron chi connectivity index (χ1n) is 6.10. The van der Waals surface area contributed by atoms with E-state index in [1.807, 2.05) is 12.3 Å². The average Bonchev–Trinajstić information content (AvgIpc) is 3.16. The Morgan fingerprint density at radius 1 is 1.45 bits per heavy atom. The second kappa shape index (κ2) is 5.30. The summed E-state index contributed by atoms with van der Waals surface area (Å²) in [7, 11) is 0. The van der Waals surface area contributed by atoms with Gasteiger partial charge in [-0.25, -0.2) is 9.97 Å². The second-order valence-corrected chi connectivity index (χ2v) is 5.33. The summed E-state index contributed by atoms with van der Waals surface area (Å²) < 4.78 is 0. The number of carbonyl (C=O) groups excluding carboxylic acids is 1. The van der Waals surface area contributed by atoms with Crippen molar-refractivity contribution in [3.63, 3.8) is 0 Å². The first kappa shape index (κ1) is 12.6. The summed E-state index contributed by atoms with van der Waals surface area (Å²) in [6.07, 6.45) is 5.16. The van der Waals surface area contributed by atoms with Gasteiger partial charge in [0.2, 0.25) is 0 Å². The Balaban J connectivity index is 1.68. The van der Waals surface area contributed by atoms with Crippen molar-refractivity contribution in [1.82, 2.24) is 25.3 Å². The molecule has 3 aromatic heterocycles. The normalized spacial score (nSPS) is 10.7. The highest BCUT2D eigenvalue weighted by Gasteiger charge is 2.11. The van der Waals surface area contributed by atoms with E-state index in [2.05, 4.69) is 25.3 Å². The van der Waals surface area contributed by atoms with E-state index in [-0.39, 0.29) is 5.91 Å². The molecule has 3 rings (SSSR count). The van der Waals surface area contributed by atoms with Gasteiger partial charge in [0.05, 0.1) is 17.2 Å². The number of amides is 1. The number of imidazole rings is 1. The van der Waals surface area contributed by atoms with Crippen LogP contribution in [0.2, 0.25) is 0 Å². The second-order valence-electron chi connectivity index (χ2n) is 4.27. The molecule has 0 aliphatic heterocycles. The lowest BCUT2D eigenvalue weighted by molar-refractivity contribution is 0.0945. The number of nitrogens with zero attached hydrogens (tertiary/aromatic N) is 2. The monoisotopic (exact) mass is 287 g/mol. The number of nitrogens with one attached hydrogen (secondary N) is 3. The van der Waals surface area contributed by atoms with Crippen molar-refractivity contribution in [2.45, 2.75) is 13.5 Å². The van der Waals surface area contributed by atoms with Crippen LogP contribution in [-0.4, -0.2) is 25.8 Å². The van der Waals surface area contributed by atoms with E-state index in [4.69, 9.17) is 0 Å².